The first-order valence-electron chi connectivity index (χ1n) is 7.47. The van der Waals surface area contributed by atoms with E-state index < -0.39 is 10.0 Å². The van der Waals surface area contributed by atoms with Crippen molar-refractivity contribution in [2.45, 2.75) is 18.6 Å². The van der Waals surface area contributed by atoms with E-state index in [9.17, 15) is 13.2 Å². The van der Waals surface area contributed by atoms with Gasteiger partial charge in [0.25, 0.3) is 0 Å². The summed E-state index contributed by atoms with van der Waals surface area (Å²) in [6.07, 6.45) is 1.95. The molecule has 1 aliphatic heterocycles. The van der Waals surface area contributed by atoms with E-state index in [0.717, 1.165) is 12.8 Å². The van der Waals surface area contributed by atoms with E-state index in [1.54, 1.807) is 29.2 Å². The summed E-state index contributed by atoms with van der Waals surface area (Å²) in [5.74, 6) is 0.276. The van der Waals surface area contributed by atoms with Crippen LogP contribution in [0.15, 0.2) is 24.3 Å². The summed E-state index contributed by atoms with van der Waals surface area (Å²) >= 11 is 6.04. The summed E-state index contributed by atoms with van der Waals surface area (Å²) in [4.78, 5) is 13.8. The Morgan fingerprint density at radius 1 is 1.14 bits per heavy atom. The number of sulfonamides is 1. The molecular formula is C15H19ClN2O3S. The van der Waals surface area contributed by atoms with Crippen molar-refractivity contribution < 1.29 is 13.2 Å². The van der Waals surface area contributed by atoms with Crippen LogP contribution in [0.25, 0.3) is 0 Å². The standard InChI is InChI=1S/C15H19ClN2O3S/c16-14-4-2-1-3-13(14)11-22(20,21)18-9-7-17(8-10-18)15(19)12-5-6-12/h1-4,12H,5-11H2. The van der Waals surface area contributed by atoms with Gasteiger partial charge in [0.05, 0.1) is 5.75 Å². The quantitative estimate of drug-likeness (QED) is 0.837. The van der Waals surface area contributed by atoms with Gasteiger partial charge in [0.2, 0.25) is 15.9 Å². The molecule has 0 atom stereocenters. The zero-order chi connectivity index (χ0) is 15.7. The summed E-state index contributed by atoms with van der Waals surface area (Å²) in [5, 5.41) is 0.466. The van der Waals surface area contributed by atoms with Crippen LogP contribution in [-0.2, 0) is 20.6 Å². The SMILES string of the molecule is O=C(C1CC1)N1CCN(S(=O)(=O)Cc2ccccc2Cl)CC1. The molecule has 2 fully saturated rings. The Hall–Kier alpha value is -1.11. The number of rotatable bonds is 4. The molecule has 2 aliphatic rings. The van der Waals surface area contributed by atoms with Crippen LogP contribution in [0.4, 0.5) is 0 Å². The van der Waals surface area contributed by atoms with Crippen molar-refractivity contribution in [2.24, 2.45) is 5.92 Å². The van der Waals surface area contributed by atoms with Crippen molar-refractivity contribution in [1.29, 1.82) is 0 Å². The average molecular weight is 343 g/mol. The highest BCUT2D eigenvalue weighted by molar-refractivity contribution is 7.88. The molecule has 1 aliphatic carbocycles. The third kappa shape index (κ3) is 3.45. The second-order valence-electron chi connectivity index (χ2n) is 5.85. The smallest absolute Gasteiger partial charge is 0.225 e. The molecule has 1 heterocycles. The van der Waals surface area contributed by atoms with E-state index in [-0.39, 0.29) is 17.6 Å². The van der Waals surface area contributed by atoms with Gasteiger partial charge in [0.1, 0.15) is 0 Å². The molecule has 7 heteroatoms. The van der Waals surface area contributed by atoms with Gasteiger partial charge < -0.3 is 4.90 Å². The first kappa shape index (κ1) is 15.8. The van der Waals surface area contributed by atoms with Gasteiger partial charge in [0, 0.05) is 37.1 Å². The van der Waals surface area contributed by atoms with Crippen molar-refractivity contribution in [2.75, 3.05) is 26.2 Å². The molecule has 3 rings (SSSR count). The monoisotopic (exact) mass is 342 g/mol. The van der Waals surface area contributed by atoms with E-state index in [0.29, 0.717) is 36.8 Å². The lowest BCUT2D eigenvalue weighted by molar-refractivity contribution is -0.133. The zero-order valence-corrected chi connectivity index (χ0v) is 13.8. The summed E-state index contributed by atoms with van der Waals surface area (Å²) in [7, 11) is -3.40. The Balaban J connectivity index is 1.62. The highest BCUT2D eigenvalue weighted by atomic mass is 35.5. The number of halogens is 1. The van der Waals surface area contributed by atoms with Crippen LogP contribution in [0.5, 0.6) is 0 Å². The van der Waals surface area contributed by atoms with Crippen LogP contribution in [0, 0.1) is 5.92 Å². The summed E-state index contributed by atoms with van der Waals surface area (Å²) in [6, 6.07) is 6.98. The molecule has 0 aromatic heterocycles. The fourth-order valence-electron chi connectivity index (χ4n) is 2.68. The Bertz CT molecular complexity index is 665. The van der Waals surface area contributed by atoms with Crippen LogP contribution in [0.3, 0.4) is 0 Å². The lowest BCUT2D eigenvalue weighted by Gasteiger charge is -2.34. The highest BCUT2D eigenvalue weighted by Gasteiger charge is 2.36. The van der Waals surface area contributed by atoms with Gasteiger partial charge in [-0.15, -0.1) is 0 Å². The van der Waals surface area contributed by atoms with E-state index in [2.05, 4.69) is 0 Å². The molecule has 1 aromatic rings. The number of benzene rings is 1. The molecule has 5 nitrogen and oxygen atoms in total. The van der Waals surface area contributed by atoms with E-state index >= 15 is 0 Å². The number of piperazine rings is 1. The van der Waals surface area contributed by atoms with Gasteiger partial charge in [-0.25, -0.2) is 8.42 Å². The van der Waals surface area contributed by atoms with Crippen LogP contribution in [0.2, 0.25) is 5.02 Å². The van der Waals surface area contributed by atoms with E-state index in [4.69, 9.17) is 11.6 Å². The maximum absolute atomic E-state index is 12.5. The molecule has 0 spiro atoms. The molecule has 1 saturated heterocycles. The van der Waals surface area contributed by atoms with Crippen molar-refractivity contribution in [3.05, 3.63) is 34.9 Å². The molecule has 120 valence electrons. The number of nitrogens with zero attached hydrogens (tertiary/aromatic N) is 2. The van der Waals surface area contributed by atoms with Crippen molar-refractivity contribution in [3.8, 4) is 0 Å². The average Bonchev–Trinajstić information content (AvgIpc) is 3.34. The molecule has 22 heavy (non-hydrogen) atoms. The van der Waals surface area contributed by atoms with Gasteiger partial charge in [-0.05, 0) is 24.5 Å². The number of hydrogen-bond donors (Lipinski definition) is 0. The molecule has 1 saturated carbocycles. The molecule has 0 radical (unpaired) electrons. The molecule has 0 N–H and O–H groups in total. The maximum atomic E-state index is 12.5. The predicted octanol–water partition coefficient (Wildman–Crippen LogP) is 1.72. The molecule has 0 bridgehead atoms. The lowest BCUT2D eigenvalue weighted by atomic mass is 10.2. The number of carbonyl (C=O) groups is 1. The summed E-state index contributed by atoms with van der Waals surface area (Å²) < 4.78 is 26.5. The van der Waals surface area contributed by atoms with Gasteiger partial charge in [-0.2, -0.15) is 4.31 Å². The van der Waals surface area contributed by atoms with E-state index in [1.165, 1.54) is 4.31 Å². The minimum Gasteiger partial charge on any atom is -0.340 e. The third-order valence-electron chi connectivity index (χ3n) is 4.17. The van der Waals surface area contributed by atoms with Gasteiger partial charge in [0.15, 0.2) is 0 Å². The minimum absolute atomic E-state index is 0.0940. The van der Waals surface area contributed by atoms with Crippen LogP contribution >= 0.6 is 11.6 Å². The lowest BCUT2D eigenvalue weighted by Crippen LogP contribution is -2.51. The van der Waals surface area contributed by atoms with Gasteiger partial charge in [-0.1, -0.05) is 29.8 Å². The molecule has 1 amide bonds. The topological polar surface area (TPSA) is 57.7 Å². The van der Waals surface area contributed by atoms with E-state index in [1.807, 2.05) is 0 Å². The normalized spacial score (nSPS) is 20.1. The summed E-state index contributed by atoms with van der Waals surface area (Å²) in [6.45, 7) is 1.70. The highest BCUT2D eigenvalue weighted by Crippen LogP contribution is 2.31. The minimum atomic E-state index is -3.40. The summed E-state index contributed by atoms with van der Waals surface area (Å²) in [5.41, 5.74) is 0.612. The Kier molecular flexibility index (Phi) is 4.43. The fourth-order valence-corrected chi connectivity index (χ4v) is 4.51. The third-order valence-corrected chi connectivity index (χ3v) is 6.36. The molecular weight excluding hydrogens is 324 g/mol. The first-order valence-corrected chi connectivity index (χ1v) is 9.46. The maximum Gasteiger partial charge on any atom is 0.225 e. The van der Waals surface area contributed by atoms with Crippen LogP contribution in [0.1, 0.15) is 18.4 Å². The Labute approximate surface area is 135 Å². The van der Waals surface area contributed by atoms with Crippen molar-refractivity contribution in [3.63, 3.8) is 0 Å². The second kappa shape index (κ2) is 6.18. The number of amides is 1. The molecule has 0 unspecified atom stereocenters. The Morgan fingerprint density at radius 2 is 1.77 bits per heavy atom. The van der Waals surface area contributed by atoms with Crippen molar-refractivity contribution >= 4 is 27.5 Å². The molecule has 1 aromatic carbocycles. The predicted molar refractivity (Wildman–Crippen MR) is 85.0 cm³/mol. The van der Waals surface area contributed by atoms with Crippen LogP contribution in [-0.4, -0.2) is 49.7 Å². The van der Waals surface area contributed by atoms with Gasteiger partial charge in [-0.3, -0.25) is 4.79 Å². The largest absolute Gasteiger partial charge is 0.340 e. The number of hydrogen-bond acceptors (Lipinski definition) is 3. The van der Waals surface area contributed by atoms with Crippen molar-refractivity contribution in [1.82, 2.24) is 9.21 Å². The first-order chi connectivity index (χ1) is 10.5. The Morgan fingerprint density at radius 3 is 2.36 bits per heavy atom. The second-order valence-corrected chi connectivity index (χ2v) is 8.22. The van der Waals surface area contributed by atoms with Crippen LogP contribution < -0.4 is 0 Å². The number of carbonyl (C=O) groups excluding carboxylic acids is 1. The van der Waals surface area contributed by atoms with Gasteiger partial charge >= 0.3 is 0 Å². The fraction of sp³-hybridized carbons (Fsp3) is 0.533. The zero-order valence-electron chi connectivity index (χ0n) is 12.2.